The number of hydrogen-bond acceptors (Lipinski definition) is 5. The summed E-state index contributed by atoms with van der Waals surface area (Å²) in [6.07, 6.45) is 1.84. The van der Waals surface area contributed by atoms with Crippen molar-refractivity contribution >= 4 is 11.8 Å². The average Bonchev–Trinajstić information content (AvgIpc) is 3.41. The maximum atomic E-state index is 13.3. The van der Waals surface area contributed by atoms with Gasteiger partial charge < -0.3 is 19.3 Å². The van der Waals surface area contributed by atoms with Crippen molar-refractivity contribution in [3.8, 4) is 5.75 Å². The second-order valence-corrected chi connectivity index (χ2v) is 7.23. The number of nitrogens with zero attached hydrogens (tertiary/aromatic N) is 4. The molecule has 0 saturated carbocycles. The van der Waals surface area contributed by atoms with Crippen molar-refractivity contribution in [2.75, 3.05) is 32.8 Å². The highest BCUT2D eigenvalue weighted by atomic mass is 16.5. The fourth-order valence-corrected chi connectivity index (χ4v) is 3.94. The maximum Gasteiger partial charge on any atom is 0.272 e. The summed E-state index contributed by atoms with van der Waals surface area (Å²) in [4.78, 5) is 30.0. The van der Waals surface area contributed by atoms with Crippen molar-refractivity contribution in [2.45, 2.75) is 32.0 Å². The predicted molar refractivity (Wildman–Crippen MR) is 106 cm³/mol. The van der Waals surface area contributed by atoms with E-state index in [2.05, 4.69) is 5.10 Å². The first-order chi connectivity index (χ1) is 14.2. The minimum Gasteiger partial charge on any atom is -0.488 e. The topological polar surface area (TPSA) is 76.9 Å². The van der Waals surface area contributed by atoms with Crippen molar-refractivity contribution in [2.24, 2.45) is 0 Å². The SMILES string of the molecule is CCn1nccc1C(=O)N1C[C@@H](Oc2ccccc2)C[C@H]1C(=O)N1CCOCC1. The van der Waals surface area contributed by atoms with Crippen molar-refractivity contribution in [1.82, 2.24) is 19.6 Å². The van der Waals surface area contributed by atoms with Gasteiger partial charge in [0.1, 0.15) is 23.6 Å². The zero-order chi connectivity index (χ0) is 20.2. The molecule has 2 saturated heterocycles. The molecule has 154 valence electrons. The minimum absolute atomic E-state index is 0.0385. The van der Waals surface area contributed by atoms with E-state index in [9.17, 15) is 9.59 Å². The first kappa shape index (κ1) is 19.4. The van der Waals surface area contributed by atoms with E-state index in [-0.39, 0.29) is 17.9 Å². The highest BCUT2D eigenvalue weighted by Crippen LogP contribution is 2.26. The molecule has 8 nitrogen and oxygen atoms in total. The summed E-state index contributed by atoms with van der Waals surface area (Å²) in [5, 5.41) is 4.20. The lowest BCUT2D eigenvalue weighted by Crippen LogP contribution is -2.51. The van der Waals surface area contributed by atoms with E-state index >= 15 is 0 Å². The Morgan fingerprint density at radius 3 is 2.66 bits per heavy atom. The number of aromatic nitrogens is 2. The van der Waals surface area contributed by atoms with E-state index in [4.69, 9.17) is 9.47 Å². The molecule has 0 bridgehead atoms. The summed E-state index contributed by atoms with van der Waals surface area (Å²) in [5.74, 6) is 0.515. The highest BCUT2D eigenvalue weighted by molar-refractivity contribution is 5.97. The van der Waals surface area contributed by atoms with Crippen molar-refractivity contribution in [1.29, 1.82) is 0 Å². The van der Waals surface area contributed by atoms with Crippen LogP contribution in [0, 0.1) is 0 Å². The standard InChI is InChI=1S/C21H26N4O4/c1-2-25-18(8-9-22-25)21(27)24-15-17(29-16-6-4-3-5-7-16)14-19(24)20(26)23-10-12-28-13-11-23/h3-9,17,19H,2,10-15H2,1H3/t17-,19-/m0/s1. The molecular formula is C21H26N4O4. The van der Waals surface area contributed by atoms with E-state index in [1.807, 2.05) is 37.3 Å². The van der Waals surface area contributed by atoms with Crippen LogP contribution < -0.4 is 4.74 Å². The third kappa shape index (κ3) is 4.12. The molecule has 2 atom stereocenters. The van der Waals surface area contributed by atoms with Crippen LogP contribution in [0.25, 0.3) is 0 Å². The second-order valence-electron chi connectivity index (χ2n) is 7.23. The number of hydrogen-bond donors (Lipinski definition) is 0. The lowest BCUT2D eigenvalue weighted by molar-refractivity contribution is -0.139. The third-order valence-electron chi connectivity index (χ3n) is 5.41. The first-order valence-corrected chi connectivity index (χ1v) is 10.1. The number of ether oxygens (including phenoxy) is 2. The van der Waals surface area contributed by atoms with Crippen LogP contribution in [0.1, 0.15) is 23.8 Å². The van der Waals surface area contributed by atoms with E-state index in [0.29, 0.717) is 51.5 Å². The van der Waals surface area contributed by atoms with Gasteiger partial charge in [0.05, 0.1) is 19.8 Å². The Bertz CT molecular complexity index is 847. The molecule has 2 aliphatic heterocycles. The van der Waals surface area contributed by atoms with Gasteiger partial charge in [0, 0.05) is 32.3 Å². The first-order valence-electron chi connectivity index (χ1n) is 10.1. The number of likely N-dealkylation sites (tertiary alicyclic amines) is 1. The van der Waals surface area contributed by atoms with E-state index in [1.54, 1.807) is 26.7 Å². The molecule has 1 aromatic carbocycles. The van der Waals surface area contributed by atoms with Gasteiger partial charge in [-0.2, -0.15) is 5.10 Å². The smallest absolute Gasteiger partial charge is 0.272 e. The number of amides is 2. The number of benzene rings is 1. The van der Waals surface area contributed by atoms with Crippen molar-refractivity contribution < 1.29 is 19.1 Å². The third-order valence-corrected chi connectivity index (χ3v) is 5.41. The van der Waals surface area contributed by atoms with Crippen LogP contribution in [-0.2, 0) is 16.1 Å². The summed E-state index contributed by atoms with van der Waals surface area (Å²) in [7, 11) is 0. The van der Waals surface area contributed by atoms with Crippen LogP contribution in [-0.4, -0.2) is 76.4 Å². The molecule has 0 aliphatic carbocycles. The number of para-hydroxylation sites is 1. The number of carbonyl (C=O) groups is 2. The van der Waals surface area contributed by atoms with Gasteiger partial charge in [0.25, 0.3) is 5.91 Å². The molecule has 29 heavy (non-hydrogen) atoms. The van der Waals surface area contributed by atoms with Gasteiger partial charge in [-0.05, 0) is 25.1 Å². The van der Waals surface area contributed by atoms with E-state index < -0.39 is 6.04 Å². The monoisotopic (exact) mass is 398 g/mol. The molecular weight excluding hydrogens is 372 g/mol. The van der Waals surface area contributed by atoms with Crippen LogP contribution in [0.5, 0.6) is 5.75 Å². The molecule has 8 heteroatoms. The molecule has 1 aromatic heterocycles. The Kier molecular flexibility index (Phi) is 5.80. The van der Waals surface area contributed by atoms with Crippen LogP contribution in [0.4, 0.5) is 0 Å². The molecule has 2 aliphatic rings. The van der Waals surface area contributed by atoms with Crippen LogP contribution in [0.2, 0.25) is 0 Å². The zero-order valence-corrected chi connectivity index (χ0v) is 16.6. The van der Waals surface area contributed by atoms with E-state index in [1.165, 1.54) is 0 Å². The van der Waals surface area contributed by atoms with Gasteiger partial charge in [-0.25, -0.2) is 0 Å². The maximum absolute atomic E-state index is 13.3. The van der Waals surface area contributed by atoms with Gasteiger partial charge in [0.2, 0.25) is 5.91 Å². The summed E-state index contributed by atoms with van der Waals surface area (Å²) < 4.78 is 13.1. The van der Waals surface area contributed by atoms with Gasteiger partial charge in [-0.3, -0.25) is 14.3 Å². The molecule has 0 radical (unpaired) electrons. The summed E-state index contributed by atoms with van der Waals surface area (Å²) in [6.45, 7) is 5.05. The summed E-state index contributed by atoms with van der Waals surface area (Å²) in [5.41, 5.74) is 0.493. The lowest BCUT2D eigenvalue weighted by Gasteiger charge is -2.32. The Morgan fingerprint density at radius 2 is 1.93 bits per heavy atom. The molecule has 0 spiro atoms. The number of aryl methyl sites for hydroxylation is 1. The number of rotatable bonds is 5. The molecule has 0 N–H and O–H groups in total. The fourth-order valence-electron chi connectivity index (χ4n) is 3.94. The molecule has 4 rings (SSSR count). The van der Waals surface area contributed by atoms with Crippen molar-refractivity contribution in [3.63, 3.8) is 0 Å². The Hall–Kier alpha value is -2.87. The van der Waals surface area contributed by atoms with Crippen molar-refractivity contribution in [3.05, 3.63) is 48.3 Å². The normalized spacial score (nSPS) is 22.0. The molecule has 2 amide bonds. The Labute approximate surface area is 170 Å². The second kappa shape index (κ2) is 8.65. The molecule has 2 aromatic rings. The largest absolute Gasteiger partial charge is 0.488 e. The van der Waals surface area contributed by atoms with Crippen LogP contribution in [0.15, 0.2) is 42.6 Å². The molecule has 2 fully saturated rings. The van der Waals surface area contributed by atoms with Crippen LogP contribution in [0.3, 0.4) is 0 Å². The van der Waals surface area contributed by atoms with Crippen LogP contribution >= 0.6 is 0 Å². The molecule has 3 heterocycles. The Balaban J connectivity index is 1.56. The molecule has 0 unspecified atom stereocenters. The Morgan fingerprint density at radius 1 is 1.17 bits per heavy atom. The zero-order valence-electron chi connectivity index (χ0n) is 16.6. The predicted octanol–water partition coefficient (Wildman–Crippen LogP) is 1.42. The van der Waals surface area contributed by atoms with Gasteiger partial charge in [-0.1, -0.05) is 18.2 Å². The van der Waals surface area contributed by atoms with Gasteiger partial charge in [0.15, 0.2) is 0 Å². The lowest BCUT2D eigenvalue weighted by atomic mass is 10.1. The fraction of sp³-hybridized carbons (Fsp3) is 0.476. The minimum atomic E-state index is -0.547. The summed E-state index contributed by atoms with van der Waals surface area (Å²) >= 11 is 0. The number of carbonyl (C=O) groups excluding carboxylic acids is 2. The quantitative estimate of drug-likeness (QED) is 0.761. The van der Waals surface area contributed by atoms with E-state index in [0.717, 1.165) is 5.75 Å². The van der Waals surface area contributed by atoms with Gasteiger partial charge in [-0.15, -0.1) is 0 Å². The summed E-state index contributed by atoms with van der Waals surface area (Å²) in [6, 6.07) is 10.7. The highest BCUT2D eigenvalue weighted by Gasteiger charge is 2.43. The number of morpholine rings is 1. The van der Waals surface area contributed by atoms with Gasteiger partial charge >= 0.3 is 0 Å². The average molecular weight is 398 g/mol.